The maximum atomic E-state index is 14.1. The normalized spacial score (nSPS) is 22.9. The largest absolute Gasteiger partial charge is 0.480 e. The third kappa shape index (κ3) is 3.59. The van der Waals surface area contributed by atoms with Crippen LogP contribution in [-0.4, -0.2) is 35.1 Å². The van der Waals surface area contributed by atoms with Crippen molar-refractivity contribution in [2.45, 2.75) is 38.0 Å². The molecule has 2 aliphatic rings. The average molecular weight is 441 g/mol. The highest BCUT2D eigenvalue weighted by Crippen LogP contribution is 2.48. The molecule has 8 heteroatoms. The fourth-order valence-electron chi connectivity index (χ4n) is 4.87. The maximum Gasteiger partial charge on any atom is 0.323 e. The number of fused-ring (bicyclic) bond motifs is 2. The van der Waals surface area contributed by atoms with E-state index in [-0.39, 0.29) is 37.0 Å². The van der Waals surface area contributed by atoms with Crippen molar-refractivity contribution in [2.75, 3.05) is 11.4 Å². The van der Waals surface area contributed by atoms with Gasteiger partial charge < -0.3 is 5.11 Å². The number of carboxylic acids is 1. The van der Waals surface area contributed by atoms with Crippen LogP contribution in [0.15, 0.2) is 36.4 Å². The van der Waals surface area contributed by atoms with Gasteiger partial charge in [0.2, 0.25) is 5.91 Å². The Labute approximate surface area is 182 Å². The Morgan fingerprint density at radius 3 is 2.59 bits per heavy atom. The van der Waals surface area contributed by atoms with Crippen LogP contribution in [0.4, 0.5) is 14.5 Å². The lowest BCUT2D eigenvalue weighted by atomic mass is 9.73. The topological polar surface area (TPSA) is 91.8 Å². The van der Waals surface area contributed by atoms with E-state index in [4.69, 9.17) is 0 Å². The molecule has 32 heavy (non-hydrogen) atoms. The van der Waals surface area contributed by atoms with Crippen molar-refractivity contribution >= 4 is 29.1 Å². The summed E-state index contributed by atoms with van der Waals surface area (Å²) < 4.78 is 27.7. The molecule has 1 amide bonds. The van der Waals surface area contributed by atoms with Crippen LogP contribution in [0.5, 0.6) is 0 Å². The number of aliphatic carboxylic acids is 1. The molecular formula is C24H21F2NO5. The predicted octanol–water partition coefficient (Wildman–Crippen LogP) is 3.12. The maximum absolute atomic E-state index is 14.1. The van der Waals surface area contributed by atoms with E-state index in [1.54, 1.807) is 25.1 Å². The molecule has 6 nitrogen and oxygen atoms in total. The van der Waals surface area contributed by atoms with Crippen molar-refractivity contribution in [1.82, 2.24) is 0 Å². The molecule has 1 heterocycles. The summed E-state index contributed by atoms with van der Waals surface area (Å²) in [4.78, 5) is 52.3. The molecule has 2 unspecified atom stereocenters. The van der Waals surface area contributed by atoms with Gasteiger partial charge in [0.15, 0.2) is 5.78 Å². The molecule has 166 valence electrons. The van der Waals surface area contributed by atoms with Gasteiger partial charge in [0.1, 0.15) is 29.4 Å². The van der Waals surface area contributed by atoms with Crippen molar-refractivity contribution < 1.29 is 33.1 Å². The Morgan fingerprint density at radius 1 is 1.12 bits per heavy atom. The summed E-state index contributed by atoms with van der Waals surface area (Å²) >= 11 is 0. The smallest absolute Gasteiger partial charge is 0.323 e. The van der Waals surface area contributed by atoms with E-state index in [0.29, 0.717) is 11.3 Å². The number of benzene rings is 2. The molecule has 4 rings (SSSR count). The van der Waals surface area contributed by atoms with Crippen LogP contribution in [0.25, 0.3) is 0 Å². The molecule has 0 aromatic heterocycles. The third-order valence-corrected chi connectivity index (χ3v) is 6.25. The number of ketones is 2. The molecule has 1 aliphatic heterocycles. The van der Waals surface area contributed by atoms with Crippen LogP contribution in [0, 0.1) is 24.5 Å². The Morgan fingerprint density at radius 2 is 1.88 bits per heavy atom. The molecule has 0 saturated heterocycles. The first-order chi connectivity index (χ1) is 15.1. The van der Waals surface area contributed by atoms with E-state index < -0.39 is 47.2 Å². The van der Waals surface area contributed by atoms with Crippen molar-refractivity contribution in [3.05, 3.63) is 64.7 Å². The highest BCUT2D eigenvalue weighted by atomic mass is 19.1. The number of carbonyl (C=O) groups excluding carboxylic acids is 3. The van der Waals surface area contributed by atoms with E-state index in [2.05, 4.69) is 0 Å². The molecule has 2 aromatic rings. The number of rotatable bonds is 4. The number of Topliss-reactive ketones (excluding diaryl/α,β-unsaturated/α-hetero) is 2. The van der Waals surface area contributed by atoms with Gasteiger partial charge in [0.05, 0.1) is 0 Å². The second kappa shape index (κ2) is 7.93. The minimum atomic E-state index is -1.79. The van der Waals surface area contributed by atoms with Gasteiger partial charge in [0, 0.05) is 24.9 Å². The zero-order valence-electron chi connectivity index (χ0n) is 17.4. The summed E-state index contributed by atoms with van der Waals surface area (Å²) in [6, 6.07) is 7.97. The van der Waals surface area contributed by atoms with Gasteiger partial charge in [-0.15, -0.1) is 0 Å². The lowest BCUT2D eigenvalue weighted by molar-refractivity contribution is -0.140. The second-order valence-electron chi connectivity index (χ2n) is 8.56. The van der Waals surface area contributed by atoms with E-state index in [9.17, 15) is 33.1 Å². The zero-order valence-corrected chi connectivity index (χ0v) is 17.4. The summed E-state index contributed by atoms with van der Waals surface area (Å²) in [5.74, 6) is -4.67. The number of carboxylic acid groups (broad SMARTS) is 1. The van der Waals surface area contributed by atoms with E-state index in [1.807, 2.05) is 0 Å². The molecule has 1 spiro atoms. The van der Waals surface area contributed by atoms with E-state index in [1.165, 1.54) is 0 Å². The fourth-order valence-corrected chi connectivity index (χ4v) is 4.87. The van der Waals surface area contributed by atoms with Crippen LogP contribution >= 0.6 is 0 Å². The number of carbonyl (C=O) groups is 4. The lowest BCUT2D eigenvalue weighted by Gasteiger charge is -2.25. The molecule has 1 fully saturated rings. The van der Waals surface area contributed by atoms with Crippen LogP contribution in [0.3, 0.4) is 0 Å². The van der Waals surface area contributed by atoms with Gasteiger partial charge >= 0.3 is 5.97 Å². The Hall–Kier alpha value is -3.42. The van der Waals surface area contributed by atoms with E-state index >= 15 is 0 Å². The van der Waals surface area contributed by atoms with Crippen LogP contribution < -0.4 is 4.90 Å². The fraction of sp³-hybridized carbons (Fsp3) is 0.333. The van der Waals surface area contributed by atoms with Gasteiger partial charge in [0.25, 0.3) is 0 Å². The van der Waals surface area contributed by atoms with Gasteiger partial charge in [-0.25, -0.2) is 8.78 Å². The summed E-state index contributed by atoms with van der Waals surface area (Å²) in [6.45, 7) is 1.15. The van der Waals surface area contributed by atoms with Crippen molar-refractivity contribution in [1.29, 1.82) is 0 Å². The number of hydrogen-bond acceptors (Lipinski definition) is 4. The van der Waals surface area contributed by atoms with Gasteiger partial charge in [-0.05, 0) is 54.7 Å². The van der Waals surface area contributed by atoms with Crippen LogP contribution in [0.1, 0.15) is 36.0 Å². The van der Waals surface area contributed by atoms with Crippen molar-refractivity contribution in [3.8, 4) is 0 Å². The minimum Gasteiger partial charge on any atom is -0.480 e. The van der Waals surface area contributed by atoms with Crippen LogP contribution in [-0.2, 0) is 31.0 Å². The van der Waals surface area contributed by atoms with Gasteiger partial charge in [-0.2, -0.15) is 0 Å². The van der Waals surface area contributed by atoms with Crippen LogP contribution in [0.2, 0.25) is 0 Å². The summed E-state index contributed by atoms with van der Waals surface area (Å²) in [5, 5.41) is 9.27. The quantitative estimate of drug-likeness (QED) is 0.737. The average Bonchev–Trinajstić information content (AvgIpc) is 2.84. The number of halogens is 2. The Bertz CT molecular complexity index is 1160. The second-order valence-corrected chi connectivity index (χ2v) is 8.56. The predicted molar refractivity (Wildman–Crippen MR) is 110 cm³/mol. The number of anilines is 1. The molecule has 1 aliphatic carbocycles. The monoisotopic (exact) mass is 441 g/mol. The summed E-state index contributed by atoms with van der Waals surface area (Å²) in [5.41, 5.74) is -0.328. The molecule has 1 N–H and O–H groups in total. The zero-order chi connectivity index (χ0) is 23.2. The molecule has 1 saturated carbocycles. The SMILES string of the molecule is Cc1ccc2c(c1)C1(CC(=O)CC(Cc3cc(F)ccc3F)CC1=O)C(=O)N2CC(=O)O. The first-order valence-electron chi connectivity index (χ1n) is 10.3. The molecular weight excluding hydrogens is 420 g/mol. The molecule has 2 atom stereocenters. The van der Waals surface area contributed by atoms with Gasteiger partial charge in [-0.3, -0.25) is 24.1 Å². The summed E-state index contributed by atoms with van der Waals surface area (Å²) in [6.07, 6.45) is -0.636. The van der Waals surface area contributed by atoms with Crippen molar-refractivity contribution in [2.24, 2.45) is 5.92 Å². The first kappa shape index (κ1) is 21.8. The summed E-state index contributed by atoms with van der Waals surface area (Å²) in [7, 11) is 0. The highest BCUT2D eigenvalue weighted by Gasteiger charge is 2.58. The number of amides is 1. The lowest BCUT2D eigenvalue weighted by Crippen LogP contribution is -2.48. The Balaban J connectivity index is 1.74. The standard InChI is InChI=1S/C24H21F2NO5/c1-13-2-5-20-18(6-13)24(23(32)27(20)12-22(30)31)11-17(28)8-14(9-21(24)29)7-15-10-16(25)3-4-19(15)26/h2-6,10,14H,7-9,11-12H2,1H3,(H,30,31). The van der Waals surface area contributed by atoms with E-state index in [0.717, 1.165) is 28.7 Å². The minimum absolute atomic E-state index is 0.0230. The Kier molecular flexibility index (Phi) is 5.40. The third-order valence-electron chi connectivity index (χ3n) is 6.25. The number of nitrogens with zero attached hydrogens (tertiary/aromatic N) is 1. The first-order valence-corrected chi connectivity index (χ1v) is 10.3. The van der Waals surface area contributed by atoms with Gasteiger partial charge in [-0.1, -0.05) is 17.7 Å². The molecule has 0 bridgehead atoms. The molecule has 2 aromatic carbocycles. The number of aryl methyl sites for hydroxylation is 1. The van der Waals surface area contributed by atoms with Crippen molar-refractivity contribution in [3.63, 3.8) is 0 Å². The molecule has 0 radical (unpaired) electrons. The highest BCUT2D eigenvalue weighted by molar-refractivity contribution is 6.25. The number of hydrogen-bond donors (Lipinski definition) is 1.